The number of nitrogens with one attached hydrogen (secondary N) is 1. The van der Waals surface area contributed by atoms with Crippen LogP contribution in [0.4, 0.5) is 17.1 Å². The molecular weight excluding hydrogens is 291 g/mol. The van der Waals surface area contributed by atoms with E-state index >= 15 is 0 Å². The van der Waals surface area contributed by atoms with Gasteiger partial charge in [-0.1, -0.05) is 34.8 Å². The maximum absolute atomic E-state index is 5.97. The molecule has 0 saturated carbocycles. The number of nitrogens with two attached hydrogens (primary N) is 1. The van der Waals surface area contributed by atoms with Gasteiger partial charge in [-0.05, 0) is 42.8 Å². The summed E-state index contributed by atoms with van der Waals surface area (Å²) < 4.78 is 0. The van der Waals surface area contributed by atoms with E-state index < -0.39 is 0 Å². The van der Waals surface area contributed by atoms with Crippen molar-refractivity contribution in [3.05, 3.63) is 51.0 Å². The maximum atomic E-state index is 5.97. The number of hydrogen-bond acceptors (Lipinski definition) is 2. The lowest BCUT2D eigenvalue weighted by Crippen LogP contribution is -1.98. The number of nitrogen functional groups attached to an aromatic ring is 1. The van der Waals surface area contributed by atoms with E-state index in [-0.39, 0.29) is 0 Å². The molecule has 0 spiro atoms. The fourth-order valence-electron chi connectivity index (χ4n) is 1.58. The van der Waals surface area contributed by atoms with Crippen LogP contribution >= 0.6 is 34.8 Å². The highest BCUT2D eigenvalue weighted by Gasteiger charge is 2.07. The zero-order valence-corrected chi connectivity index (χ0v) is 11.9. The highest BCUT2D eigenvalue weighted by atomic mass is 35.5. The molecule has 3 N–H and O–H groups in total. The molecule has 0 aromatic heterocycles. The summed E-state index contributed by atoms with van der Waals surface area (Å²) in [6.07, 6.45) is 0. The normalized spacial score (nSPS) is 10.4. The number of anilines is 3. The quantitative estimate of drug-likeness (QED) is 0.740. The minimum atomic E-state index is 0.438. The minimum Gasteiger partial charge on any atom is -0.397 e. The van der Waals surface area contributed by atoms with Gasteiger partial charge in [0.25, 0.3) is 0 Å². The van der Waals surface area contributed by atoms with Crippen molar-refractivity contribution in [2.75, 3.05) is 11.1 Å². The lowest BCUT2D eigenvalue weighted by Gasteiger charge is -2.13. The van der Waals surface area contributed by atoms with Gasteiger partial charge in [-0.2, -0.15) is 0 Å². The lowest BCUT2D eigenvalue weighted by atomic mass is 10.2. The molecular formula is C13H11Cl3N2. The van der Waals surface area contributed by atoms with E-state index in [1.54, 1.807) is 12.1 Å². The highest BCUT2D eigenvalue weighted by molar-refractivity contribution is 6.42. The number of aryl methyl sites for hydroxylation is 1. The molecule has 0 unspecified atom stereocenters. The summed E-state index contributed by atoms with van der Waals surface area (Å²) in [6, 6.07) is 8.90. The third-order valence-corrected chi connectivity index (χ3v) is 3.51. The van der Waals surface area contributed by atoms with E-state index in [4.69, 9.17) is 40.5 Å². The Morgan fingerprint density at radius 1 is 0.944 bits per heavy atom. The molecule has 0 atom stereocenters. The number of benzene rings is 2. The molecule has 0 heterocycles. The molecule has 2 nitrogen and oxygen atoms in total. The van der Waals surface area contributed by atoms with Gasteiger partial charge in [0.15, 0.2) is 0 Å². The second-order valence-corrected chi connectivity index (χ2v) is 5.19. The van der Waals surface area contributed by atoms with Crippen LogP contribution in [0.1, 0.15) is 5.56 Å². The molecule has 0 amide bonds. The molecule has 0 aliphatic heterocycles. The van der Waals surface area contributed by atoms with Gasteiger partial charge in [-0.15, -0.1) is 0 Å². The summed E-state index contributed by atoms with van der Waals surface area (Å²) in [5.74, 6) is 0. The molecule has 0 radical (unpaired) electrons. The Kier molecular flexibility index (Phi) is 3.91. The molecule has 5 heteroatoms. The first kappa shape index (κ1) is 13.3. The largest absolute Gasteiger partial charge is 0.397 e. The van der Waals surface area contributed by atoms with Crippen LogP contribution in [0.3, 0.4) is 0 Å². The Hall–Kier alpha value is -1.09. The summed E-state index contributed by atoms with van der Waals surface area (Å²) in [5.41, 5.74) is 9.09. The Morgan fingerprint density at radius 3 is 2.28 bits per heavy atom. The first-order valence-electron chi connectivity index (χ1n) is 5.25. The molecule has 0 aliphatic rings. The SMILES string of the molecule is Cc1cc(Cl)ccc1Nc1cc(Cl)c(Cl)cc1N. The van der Waals surface area contributed by atoms with Crippen LogP contribution < -0.4 is 11.1 Å². The van der Waals surface area contributed by atoms with E-state index in [9.17, 15) is 0 Å². The first-order valence-corrected chi connectivity index (χ1v) is 6.38. The first-order chi connectivity index (χ1) is 8.47. The van der Waals surface area contributed by atoms with Crippen molar-refractivity contribution < 1.29 is 0 Å². The Bertz CT molecular complexity index is 597. The van der Waals surface area contributed by atoms with Crippen molar-refractivity contribution in [1.29, 1.82) is 0 Å². The van der Waals surface area contributed by atoms with Gasteiger partial charge < -0.3 is 11.1 Å². The highest BCUT2D eigenvalue weighted by Crippen LogP contribution is 2.33. The van der Waals surface area contributed by atoms with Crippen LogP contribution in [0.25, 0.3) is 0 Å². The Balaban J connectivity index is 2.37. The van der Waals surface area contributed by atoms with E-state index in [1.165, 1.54) is 0 Å². The zero-order chi connectivity index (χ0) is 13.3. The van der Waals surface area contributed by atoms with E-state index in [0.29, 0.717) is 20.8 Å². The molecule has 2 aromatic carbocycles. The second kappa shape index (κ2) is 5.27. The maximum Gasteiger partial charge on any atom is 0.0634 e. The topological polar surface area (TPSA) is 38.0 Å². The molecule has 18 heavy (non-hydrogen) atoms. The molecule has 0 fully saturated rings. The summed E-state index contributed by atoms with van der Waals surface area (Å²) in [4.78, 5) is 0. The van der Waals surface area contributed by atoms with E-state index in [0.717, 1.165) is 16.9 Å². The molecule has 2 aromatic rings. The molecule has 0 bridgehead atoms. The average Bonchev–Trinajstić information content (AvgIpc) is 2.29. The Morgan fingerprint density at radius 2 is 1.61 bits per heavy atom. The van der Waals surface area contributed by atoms with Gasteiger partial charge in [0.1, 0.15) is 0 Å². The van der Waals surface area contributed by atoms with Gasteiger partial charge in [0.2, 0.25) is 0 Å². The molecule has 94 valence electrons. The van der Waals surface area contributed by atoms with Crippen LogP contribution in [-0.2, 0) is 0 Å². The van der Waals surface area contributed by atoms with Crippen LogP contribution in [0, 0.1) is 6.92 Å². The monoisotopic (exact) mass is 300 g/mol. The van der Waals surface area contributed by atoms with Crippen molar-refractivity contribution >= 4 is 51.9 Å². The predicted octanol–water partition coefficient (Wildman–Crippen LogP) is 5.28. The summed E-state index contributed by atoms with van der Waals surface area (Å²) >= 11 is 17.8. The van der Waals surface area contributed by atoms with Crippen LogP contribution in [0.5, 0.6) is 0 Å². The number of rotatable bonds is 2. The summed E-state index contributed by atoms with van der Waals surface area (Å²) in [5, 5.41) is 4.80. The van der Waals surface area contributed by atoms with Crippen molar-refractivity contribution in [3.63, 3.8) is 0 Å². The zero-order valence-electron chi connectivity index (χ0n) is 9.60. The summed E-state index contributed by atoms with van der Waals surface area (Å²) in [6.45, 7) is 1.96. The predicted molar refractivity (Wildman–Crippen MR) is 80.3 cm³/mol. The van der Waals surface area contributed by atoms with Gasteiger partial charge in [0.05, 0.1) is 21.4 Å². The van der Waals surface area contributed by atoms with Crippen LogP contribution in [0.15, 0.2) is 30.3 Å². The van der Waals surface area contributed by atoms with Gasteiger partial charge >= 0.3 is 0 Å². The minimum absolute atomic E-state index is 0.438. The van der Waals surface area contributed by atoms with Gasteiger partial charge in [-0.25, -0.2) is 0 Å². The molecule has 0 aliphatic carbocycles. The van der Waals surface area contributed by atoms with Gasteiger partial charge in [-0.3, -0.25) is 0 Å². The summed E-state index contributed by atoms with van der Waals surface area (Å²) in [7, 11) is 0. The van der Waals surface area contributed by atoms with Crippen molar-refractivity contribution in [2.45, 2.75) is 6.92 Å². The number of halogens is 3. The van der Waals surface area contributed by atoms with Crippen molar-refractivity contribution in [3.8, 4) is 0 Å². The van der Waals surface area contributed by atoms with Crippen molar-refractivity contribution in [1.82, 2.24) is 0 Å². The van der Waals surface area contributed by atoms with Crippen LogP contribution in [-0.4, -0.2) is 0 Å². The molecule has 0 saturated heterocycles. The average molecular weight is 302 g/mol. The van der Waals surface area contributed by atoms with Crippen LogP contribution in [0.2, 0.25) is 15.1 Å². The fraction of sp³-hybridized carbons (Fsp3) is 0.0769. The fourth-order valence-corrected chi connectivity index (χ4v) is 2.15. The third-order valence-electron chi connectivity index (χ3n) is 2.55. The standard InChI is InChI=1S/C13H11Cl3N2/c1-7-4-8(14)2-3-12(7)18-13-6-10(16)9(15)5-11(13)17/h2-6,18H,17H2,1H3. The second-order valence-electron chi connectivity index (χ2n) is 3.94. The smallest absolute Gasteiger partial charge is 0.0634 e. The van der Waals surface area contributed by atoms with E-state index in [2.05, 4.69) is 5.32 Å². The molecule has 2 rings (SSSR count). The van der Waals surface area contributed by atoms with Gasteiger partial charge in [0, 0.05) is 10.7 Å². The van der Waals surface area contributed by atoms with E-state index in [1.807, 2.05) is 25.1 Å². The number of hydrogen-bond donors (Lipinski definition) is 2. The Labute approximate surface area is 121 Å². The third kappa shape index (κ3) is 2.83. The lowest BCUT2D eigenvalue weighted by molar-refractivity contribution is 1.43. The van der Waals surface area contributed by atoms with Crippen molar-refractivity contribution in [2.24, 2.45) is 0 Å².